The van der Waals surface area contributed by atoms with Crippen LogP contribution in [0.1, 0.15) is 18.4 Å². The molecule has 3 rings (SSSR count). The number of benzene rings is 1. The molecule has 1 aromatic carbocycles. The van der Waals surface area contributed by atoms with Gasteiger partial charge in [-0.2, -0.15) is 0 Å². The molecule has 1 saturated heterocycles. The van der Waals surface area contributed by atoms with Gasteiger partial charge in [0.2, 0.25) is 5.91 Å². The van der Waals surface area contributed by atoms with Crippen molar-refractivity contribution < 1.29 is 19.4 Å². The van der Waals surface area contributed by atoms with Gasteiger partial charge in [0, 0.05) is 24.6 Å². The maximum atomic E-state index is 12.4. The first-order valence-electron chi connectivity index (χ1n) is 6.81. The maximum Gasteiger partial charge on any atom is 0.306 e. The van der Waals surface area contributed by atoms with Gasteiger partial charge in [-0.25, -0.2) is 0 Å². The van der Waals surface area contributed by atoms with E-state index in [-0.39, 0.29) is 17.7 Å². The number of hydrogen-bond donors (Lipinski definition) is 1. The predicted octanol–water partition coefficient (Wildman–Crippen LogP) is 1.34. The summed E-state index contributed by atoms with van der Waals surface area (Å²) in [6, 6.07) is 7.58. The molecule has 1 amide bonds. The van der Waals surface area contributed by atoms with Crippen molar-refractivity contribution in [3.63, 3.8) is 0 Å². The fourth-order valence-electron chi connectivity index (χ4n) is 2.80. The quantitative estimate of drug-likeness (QED) is 0.904. The minimum Gasteiger partial charge on any atom is -0.492 e. The van der Waals surface area contributed by atoms with Crippen LogP contribution in [0.5, 0.6) is 5.75 Å². The second kappa shape index (κ2) is 4.81. The van der Waals surface area contributed by atoms with E-state index >= 15 is 0 Å². The van der Waals surface area contributed by atoms with Crippen molar-refractivity contribution in [3.8, 4) is 5.75 Å². The van der Waals surface area contributed by atoms with Gasteiger partial charge in [0.1, 0.15) is 18.3 Å². The monoisotopic (exact) mass is 275 g/mol. The molecule has 2 atom stereocenters. The van der Waals surface area contributed by atoms with Crippen LogP contribution in [0.3, 0.4) is 0 Å². The van der Waals surface area contributed by atoms with Gasteiger partial charge in [0.25, 0.3) is 0 Å². The molecule has 2 unspecified atom stereocenters. The number of carboxylic acid groups (broad SMARTS) is 1. The number of ether oxygens (including phenoxy) is 1. The molecule has 0 saturated carbocycles. The number of rotatable bonds is 3. The zero-order valence-electron chi connectivity index (χ0n) is 11.3. The van der Waals surface area contributed by atoms with Crippen LogP contribution in [0.2, 0.25) is 0 Å². The van der Waals surface area contributed by atoms with E-state index in [4.69, 9.17) is 9.84 Å². The second-order valence-corrected chi connectivity index (χ2v) is 5.53. The van der Waals surface area contributed by atoms with Gasteiger partial charge in [-0.1, -0.05) is 25.1 Å². The smallest absolute Gasteiger partial charge is 0.306 e. The number of nitrogens with zero attached hydrogens (tertiary/aromatic N) is 1. The molecular weight excluding hydrogens is 258 g/mol. The predicted molar refractivity (Wildman–Crippen MR) is 71.5 cm³/mol. The van der Waals surface area contributed by atoms with Crippen LogP contribution in [-0.4, -0.2) is 41.6 Å². The number of carbonyl (C=O) groups is 2. The first kappa shape index (κ1) is 13.0. The summed E-state index contributed by atoms with van der Waals surface area (Å²) in [6.07, 6.45) is 0. The molecule has 0 aliphatic carbocycles. The Balaban J connectivity index is 1.64. The van der Waals surface area contributed by atoms with Crippen LogP contribution in [-0.2, 0) is 9.59 Å². The lowest BCUT2D eigenvalue weighted by atomic mass is 9.85. The molecule has 2 heterocycles. The van der Waals surface area contributed by atoms with Crippen molar-refractivity contribution >= 4 is 11.9 Å². The third kappa shape index (κ3) is 2.03. The SMILES string of the molecule is CC(C(=O)O)C1CN(C(=O)C2COc3ccccc32)C1. The topological polar surface area (TPSA) is 66.8 Å². The Bertz CT molecular complexity index is 551. The molecular formula is C15H17NO4. The second-order valence-electron chi connectivity index (χ2n) is 5.53. The Morgan fingerprint density at radius 1 is 1.35 bits per heavy atom. The zero-order valence-corrected chi connectivity index (χ0v) is 11.3. The standard InChI is InChI=1S/C15H17NO4/c1-9(15(18)19)10-6-16(7-10)14(17)12-8-20-13-5-3-2-4-11(12)13/h2-5,9-10,12H,6-8H2,1H3,(H,18,19). The lowest BCUT2D eigenvalue weighted by molar-refractivity contribution is -0.151. The van der Waals surface area contributed by atoms with Gasteiger partial charge in [-0.05, 0) is 6.07 Å². The van der Waals surface area contributed by atoms with Crippen LogP contribution in [0.25, 0.3) is 0 Å². The molecule has 5 heteroatoms. The molecule has 0 bridgehead atoms. The van der Waals surface area contributed by atoms with Crippen LogP contribution < -0.4 is 4.74 Å². The highest BCUT2D eigenvalue weighted by Crippen LogP contribution is 2.36. The van der Waals surface area contributed by atoms with Gasteiger partial charge >= 0.3 is 5.97 Å². The lowest BCUT2D eigenvalue weighted by Gasteiger charge is -2.42. The van der Waals surface area contributed by atoms with E-state index < -0.39 is 11.9 Å². The Morgan fingerprint density at radius 2 is 2.05 bits per heavy atom. The average molecular weight is 275 g/mol. The highest BCUT2D eigenvalue weighted by atomic mass is 16.5. The van der Waals surface area contributed by atoms with E-state index in [0.717, 1.165) is 11.3 Å². The highest BCUT2D eigenvalue weighted by molar-refractivity contribution is 5.86. The van der Waals surface area contributed by atoms with Gasteiger partial charge in [-0.3, -0.25) is 9.59 Å². The number of fused-ring (bicyclic) bond motifs is 1. The fourth-order valence-corrected chi connectivity index (χ4v) is 2.80. The molecule has 0 aromatic heterocycles. The molecule has 5 nitrogen and oxygen atoms in total. The van der Waals surface area contributed by atoms with Crippen molar-refractivity contribution in [1.82, 2.24) is 4.90 Å². The number of hydrogen-bond acceptors (Lipinski definition) is 3. The number of para-hydroxylation sites is 1. The Kier molecular flexibility index (Phi) is 3.12. The largest absolute Gasteiger partial charge is 0.492 e. The van der Waals surface area contributed by atoms with Crippen molar-refractivity contribution in [2.24, 2.45) is 11.8 Å². The van der Waals surface area contributed by atoms with Crippen molar-refractivity contribution in [1.29, 1.82) is 0 Å². The fraction of sp³-hybridized carbons (Fsp3) is 0.467. The van der Waals surface area contributed by atoms with Crippen LogP contribution in [0.15, 0.2) is 24.3 Å². The van der Waals surface area contributed by atoms with E-state index in [1.54, 1.807) is 11.8 Å². The van der Waals surface area contributed by atoms with Crippen molar-refractivity contribution in [2.75, 3.05) is 19.7 Å². The van der Waals surface area contributed by atoms with E-state index in [0.29, 0.717) is 19.7 Å². The summed E-state index contributed by atoms with van der Waals surface area (Å²) in [5.41, 5.74) is 0.937. The molecule has 0 radical (unpaired) electrons. The van der Waals surface area contributed by atoms with Crippen molar-refractivity contribution in [3.05, 3.63) is 29.8 Å². The molecule has 1 N–H and O–H groups in total. The summed E-state index contributed by atoms with van der Waals surface area (Å²) in [6.45, 7) is 3.15. The van der Waals surface area contributed by atoms with E-state index in [1.807, 2.05) is 24.3 Å². The summed E-state index contributed by atoms with van der Waals surface area (Å²) in [4.78, 5) is 25.1. The molecule has 20 heavy (non-hydrogen) atoms. The first-order chi connectivity index (χ1) is 9.58. The van der Waals surface area contributed by atoms with Gasteiger partial charge in [-0.15, -0.1) is 0 Å². The molecule has 2 aliphatic heterocycles. The number of aliphatic carboxylic acids is 1. The lowest BCUT2D eigenvalue weighted by Crippen LogP contribution is -2.54. The van der Waals surface area contributed by atoms with E-state index in [1.165, 1.54) is 0 Å². The number of amides is 1. The normalized spacial score (nSPS) is 22.6. The first-order valence-corrected chi connectivity index (χ1v) is 6.81. The van der Waals surface area contributed by atoms with Gasteiger partial charge < -0.3 is 14.7 Å². The number of carboxylic acids is 1. The summed E-state index contributed by atoms with van der Waals surface area (Å²) in [5.74, 6) is -0.547. The highest BCUT2D eigenvalue weighted by Gasteiger charge is 2.41. The summed E-state index contributed by atoms with van der Waals surface area (Å²) >= 11 is 0. The van der Waals surface area contributed by atoms with Crippen LogP contribution >= 0.6 is 0 Å². The number of likely N-dealkylation sites (tertiary alicyclic amines) is 1. The Hall–Kier alpha value is -2.04. The van der Waals surface area contributed by atoms with Crippen LogP contribution in [0, 0.1) is 11.8 Å². The third-order valence-corrected chi connectivity index (χ3v) is 4.32. The third-order valence-electron chi connectivity index (χ3n) is 4.32. The Labute approximate surface area is 117 Å². The maximum absolute atomic E-state index is 12.4. The minimum atomic E-state index is -0.795. The minimum absolute atomic E-state index is 0.0452. The van der Waals surface area contributed by atoms with Gasteiger partial charge in [0.15, 0.2) is 0 Å². The molecule has 1 aromatic rings. The Morgan fingerprint density at radius 3 is 2.75 bits per heavy atom. The molecule has 1 fully saturated rings. The van der Waals surface area contributed by atoms with Gasteiger partial charge in [0.05, 0.1) is 5.92 Å². The summed E-state index contributed by atoms with van der Waals surface area (Å²) < 4.78 is 5.52. The molecule has 0 spiro atoms. The average Bonchev–Trinajstić information content (AvgIpc) is 2.80. The van der Waals surface area contributed by atoms with Crippen molar-refractivity contribution in [2.45, 2.75) is 12.8 Å². The summed E-state index contributed by atoms with van der Waals surface area (Å²) in [5, 5.41) is 8.96. The zero-order chi connectivity index (χ0) is 14.3. The van der Waals surface area contributed by atoms with E-state index in [9.17, 15) is 9.59 Å². The molecule has 2 aliphatic rings. The summed E-state index contributed by atoms with van der Waals surface area (Å²) in [7, 11) is 0. The van der Waals surface area contributed by atoms with E-state index in [2.05, 4.69) is 0 Å². The van der Waals surface area contributed by atoms with Crippen LogP contribution in [0.4, 0.5) is 0 Å². The molecule has 106 valence electrons. The number of carbonyl (C=O) groups excluding carboxylic acids is 1.